The van der Waals surface area contributed by atoms with Crippen molar-refractivity contribution in [1.82, 2.24) is 20.9 Å². The molecule has 0 aromatic rings. The largest absolute Gasteiger partial charge is 0.462 e. The van der Waals surface area contributed by atoms with Crippen LogP contribution in [0.3, 0.4) is 0 Å². The number of fused-ring (bicyclic) bond motifs is 2. The Balaban J connectivity index is 1.98. The molecule has 3 rings (SSSR count). The molecule has 21 heteroatoms. The zero-order valence-electron chi connectivity index (χ0n) is 44.5. The zero-order valence-corrected chi connectivity index (χ0v) is 44.5. The van der Waals surface area contributed by atoms with Crippen molar-refractivity contribution in [2.24, 2.45) is 17.8 Å². The van der Waals surface area contributed by atoms with Gasteiger partial charge in [-0.15, -0.1) is 0 Å². The highest BCUT2D eigenvalue weighted by atomic mass is 16.7. The molecule has 3 aliphatic heterocycles. The Morgan fingerprint density at radius 3 is 1.91 bits per heavy atom. The number of aliphatic hydroxyl groups is 10. The van der Waals surface area contributed by atoms with E-state index in [9.17, 15) is 65.4 Å². The minimum absolute atomic E-state index is 0.106. The van der Waals surface area contributed by atoms with Crippen LogP contribution in [0.1, 0.15) is 79.1 Å². The number of likely N-dealkylation sites (N-methyl/N-ethyl adjacent to an activating group) is 2. The van der Waals surface area contributed by atoms with Gasteiger partial charge in [0.1, 0.15) is 18.3 Å². The van der Waals surface area contributed by atoms with Crippen LogP contribution in [0, 0.1) is 17.8 Å². The first-order valence-corrected chi connectivity index (χ1v) is 26.0. The van der Waals surface area contributed by atoms with Gasteiger partial charge in [-0.2, -0.15) is 0 Å². The summed E-state index contributed by atoms with van der Waals surface area (Å²) in [6.07, 6.45) is 3.76. The van der Waals surface area contributed by atoms with Gasteiger partial charge in [-0.05, 0) is 54.3 Å². The number of ether oxygens (including phenoxy) is 4. The molecule has 75 heavy (non-hydrogen) atoms. The summed E-state index contributed by atoms with van der Waals surface area (Å²) in [6, 6.07) is -1.22. The van der Waals surface area contributed by atoms with Gasteiger partial charge < -0.3 is 90.9 Å². The number of hydrogen-bond donors (Lipinski definition) is 13. The zero-order chi connectivity index (χ0) is 55.8. The van der Waals surface area contributed by atoms with Crippen LogP contribution in [0.25, 0.3) is 0 Å². The molecule has 0 saturated carbocycles. The van der Waals surface area contributed by atoms with E-state index in [1.807, 2.05) is 56.3 Å². The number of cyclic esters (lactones) is 1. The van der Waals surface area contributed by atoms with E-state index in [1.165, 1.54) is 6.92 Å². The molecule has 2 bridgehead atoms. The monoisotopic (exact) mass is 1060 g/mol. The number of rotatable bonds is 9. The summed E-state index contributed by atoms with van der Waals surface area (Å²) < 4.78 is 24.0. The van der Waals surface area contributed by atoms with Crippen molar-refractivity contribution in [2.75, 3.05) is 40.8 Å². The molecule has 426 valence electrons. The van der Waals surface area contributed by atoms with Crippen LogP contribution >= 0.6 is 0 Å². The fourth-order valence-electron chi connectivity index (χ4n) is 9.05. The number of hydrogen-bond acceptors (Lipinski definition) is 19. The molecule has 0 spiro atoms. The lowest BCUT2D eigenvalue weighted by molar-refractivity contribution is -0.307. The number of allylic oxidation sites excluding steroid dienone is 12. The second-order valence-electron chi connectivity index (χ2n) is 20.4. The van der Waals surface area contributed by atoms with Crippen LogP contribution in [-0.2, 0) is 33.3 Å². The van der Waals surface area contributed by atoms with Gasteiger partial charge in [0.05, 0.1) is 86.0 Å². The molecule has 0 aromatic carbocycles. The average molecular weight is 1070 g/mol. The lowest BCUT2D eigenvalue weighted by atomic mass is 9.82. The minimum Gasteiger partial charge on any atom is -0.462 e. The predicted octanol–water partition coefficient (Wildman–Crippen LogP) is -0.318. The molecule has 0 radical (unpaired) electrons. The Hall–Kier alpha value is -4.01. The fourth-order valence-corrected chi connectivity index (χ4v) is 9.05. The van der Waals surface area contributed by atoms with Crippen molar-refractivity contribution in [3.8, 4) is 0 Å². The Morgan fingerprint density at radius 1 is 0.707 bits per heavy atom. The number of aliphatic hydroxyl groups excluding tert-OH is 9. The maximum atomic E-state index is 13.9. The smallest absolute Gasteiger partial charge is 0.308 e. The second kappa shape index (κ2) is 33.3. The van der Waals surface area contributed by atoms with E-state index in [0.29, 0.717) is 6.54 Å². The van der Waals surface area contributed by atoms with Gasteiger partial charge in [0.2, 0.25) is 11.8 Å². The van der Waals surface area contributed by atoms with E-state index in [-0.39, 0.29) is 44.7 Å². The molecule has 0 aliphatic carbocycles. The quantitative estimate of drug-likeness (QED) is 0.132. The van der Waals surface area contributed by atoms with E-state index in [2.05, 4.69) is 16.0 Å². The van der Waals surface area contributed by atoms with Gasteiger partial charge in [0, 0.05) is 50.6 Å². The molecule has 13 N–H and O–H groups in total. The summed E-state index contributed by atoms with van der Waals surface area (Å²) in [4.78, 5) is 41.0. The van der Waals surface area contributed by atoms with Gasteiger partial charge >= 0.3 is 5.97 Å². The molecule has 0 unspecified atom stereocenters. The Kier molecular flexibility index (Phi) is 29.0. The second-order valence-corrected chi connectivity index (χ2v) is 20.4. The fraction of sp³-hybridized carbons (Fsp3) is 0.685. The lowest BCUT2D eigenvalue weighted by Crippen LogP contribution is -2.64. The van der Waals surface area contributed by atoms with Crippen molar-refractivity contribution < 1.29 is 84.4 Å². The number of esters is 1. The van der Waals surface area contributed by atoms with Crippen molar-refractivity contribution >= 4 is 17.8 Å². The summed E-state index contributed by atoms with van der Waals surface area (Å²) in [7, 11) is 5.19. The van der Waals surface area contributed by atoms with Crippen LogP contribution in [0.5, 0.6) is 0 Å². The van der Waals surface area contributed by atoms with Gasteiger partial charge in [-0.1, -0.05) is 98.9 Å². The molecule has 3 aliphatic rings. The highest BCUT2D eigenvalue weighted by molar-refractivity contribution is 5.80. The van der Waals surface area contributed by atoms with Crippen LogP contribution < -0.4 is 16.0 Å². The third-order valence-corrected chi connectivity index (χ3v) is 13.5. The normalized spacial score (nSPS) is 41.0. The van der Waals surface area contributed by atoms with Crippen LogP contribution in [-0.4, -0.2) is 212 Å². The Bertz CT molecular complexity index is 1930. The van der Waals surface area contributed by atoms with E-state index in [4.69, 9.17) is 18.9 Å². The standard InChI is InChI=1S/C54H88N4O17/c1-33-20-18-16-14-12-10-8-9-11-13-15-17-19-21-40(74-53-51(69)48(50(68)36(4)73-53)57-45(65)32-55-5)29-44-47(52(70)56-24-25-58(6)7)43(64)31-54(71,75-44)30-39(61)27-42(63)41(62)23-22-37(59)26-38(60)28-46(66)72-35(3)34(2)49(33)67/h8-21,33-44,47-51,53,55,59-64,67-69,71H,22-32H2,1-7H3,(H,56,70)(H,57,65)/b9-8+,12-10+,13-11+,16-14+,17-15+,20-18+,21-19+/t33-,34-,35-,36+,37+,38+,39-,40-,41+,42+,43-,44-,47+,48-,49+,50+,51-,53-,54+/m0/s1. The van der Waals surface area contributed by atoms with Crippen molar-refractivity contribution in [2.45, 2.75) is 177 Å². The summed E-state index contributed by atoms with van der Waals surface area (Å²) in [5.74, 6) is -6.20. The number of nitrogens with one attached hydrogen (secondary N) is 3. The average Bonchev–Trinajstić information content (AvgIpc) is 3.32. The first kappa shape index (κ1) is 65.3. The SMILES string of the molecule is CNCC(=O)N[C@@H]1[C@H](O)[C@H](O[C@H]2/C=C/C=C/C=C/C=C/C=C/C=C/C=C/[C@H](C)[C@@H](O)[C@@H](C)[C@H](C)OC(=O)C[C@H](O)C[C@H](O)CC[C@@H](O)[C@H](O)C[C@H](O)C[C@]3(O)C[C@H](O)[C@@H](C(=O)NCCN(C)C)[C@H](C2)O3)O[C@H](C)[C@H]1O. The number of amides is 2. The van der Waals surface area contributed by atoms with Crippen LogP contribution in [0.15, 0.2) is 85.1 Å². The molecule has 2 amide bonds. The van der Waals surface area contributed by atoms with Gasteiger partial charge in [-0.25, -0.2) is 0 Å². The maximum absolute atomic E-state index is 13.9. The molecular weight excluding hydrogens is 977 g/mol. The van der Waals surface area contributed by atoms with Crippen LogP contribution in [0.2, 0.25) is 0 Å². The van der Waals surface area contributed by atoms with Gasteiger partial charge in [-0.3, -0.25) is 14.4 Å². The third-order valence-electron chi connectivity index (χ3n) is 13.5. The maximum Gasteiger partial charge on any atom is 0.308 e. The Morgan fingerprint density at radius 2 is 1.31 bits per heavy atom. The first-order valence-electron chi connectivity index (χ1n) is 26.0. The molecule has 2 saturated heterocycles. The van der Waals surface area contributed by atoms with Gasteiger partial charge in [0.25, 0.3) is 0 Å². The van der Waals surface area contributed by atoms with E-state index < -0.39 is 153 Å². The molecule has 0 aromatic heterocycles. The van der Waals surface area contributed by atoms with E-state index in [0.717, 1.165) is 0 Å². The summed E-state index contributed by atoms with van der Waals surface area (Å²) in [5.41, 5.74) is 0. The predicted molar refractivity (Wildman–Crippen MR) is 279 cm³/mol. The topological polar surface area (TPSA) is 330 Å². The van der Waals surface area contributed by atoms with Crippen LogP contribution in [0.4, 0.5) is 0 Å². The van der Waals surface area contributed by atoms with E-state index in [1.54, 1.807) is 75.6 Å². The Labute approximate surface area is 442 Å². The van der Waals surface area contributed by atoms with Gasteiger partial charge in [0.15, 0.2) is 12.1 Å². The molecule has 21 nitrogen and oxygen atoms in total. The van der Waals surface area contributed by atoms with Crippen molar-refractivity contribution in [3.63, 3.8) is 0 Å². The third kappa shape index (κ3) is 23.2. The number of carbonyl (C=O) groups excluding carboxylic acids is 3. The molecule has 19 atom stereocenters. The summed E-state index contributed by atoms with van der Waals surface area (Å²) >= 11 is 0. The molecular formula is C54H88N4O17. The van der Waals surface area contributed by atoms with E-state index >= 15 is 0 Å². The minimum atomic E-state index is -2.30. The summed E-state index contributed by atoms with van der Waals surface area (Å²) in [5, 5.41) is 119. The number of carbonyl (C=O) groups is 3. The number of nitrogens with zero attached hydrogens (tertiary/aromatic N) is 1. The van der Waals surface area contributed by atoms with Crippen molar-refractivity contribution in [1.29, 1.82) is 0 Å². The molecule has 2 fully saturated rings. The molecule has 3 heterocycles. The van der Waals surface area contributed by atoms with Crippen molar-refractivity contribution in [3.05, 3.63) is 85.1 Å². The highest BCUT2D eigenvalue weighted by Crippen LogP contribution is 2.38. The first-order chi connectivity index (χ1) is 35.4. The lowest BCUT2D eigenvalue weighted by Gasteiger charge is -2.46. The highest BCUT2D eigenvalue weighted by Gasteiger charge is 2.51. The summed E-state index contributed by atoms with van der Waals surface area (Å²) in [6.45, 7) is 7.31.